The molecule has 2 heteroatoms. The highest BCUT2D eigenvalue weighted by molar-refractivity contribution is 4.86. The highest BCUT2D eigenvalue weighted by atomic mass is 16.5. The lowest BCUT2D eigenvalue weighted by atomic mass is 9.77. The van der Waals surface area contributed by atoms with Crippen LogP contribution in [0.1, 0.15) is 45.4 Å². The average Bonchev–Trinajstić information content (AvgIpc) is 2.69. The van der Waals surface area contributed by atoms with Gasteiger partial charge in [-0.15, -0.1) is 0 Å². The standard InChI is InChI=1S/C12H23NO/c1-9-4-2-5-10(8-9)12(13)11-6-3-7-14-11/h9-12H,2-8,13H2,1H3. The first-order valence-electron chi connectivity index (χ1n) is 6.14. The largest absolute Gasteiger partial charge is 0.377 e. The summed E-state index contributed by atoms with van der Waals surface area (Å²) in [6.45, 7) is 3.29. The Bertz CT molecular complexity index is 177. The molecule has 1 saturated carbocycles. The van der Waals surface area contributed by atoms with Gasteiger partial charge in [0.2, 0.25) is 0 Å². The van der Waals surface area contributed by atoms with Gasteiger partial charge in [-0.2, -0.15) is 0 Å². The summed E-state index contributed by atoms with van der Waals surface area (Å²) in [5.41, 5.74) is 6.29. The first-order valence-corrected chi connectivity index (χ1v) is 6.14. The van der Waals surface area contributed by atoms with Gasteiger partial charge in [0.15, 0.2) is 0 Å². The zero-order valence-corrected chi connectivity index (χ0v) is 9.24. The first-order chi connectivity index (χ1) is 6.77. The summed E-state index contributed by atoms with van der Waals surface area (Å²) in [5, 5.41) is 0. The maximum absolute atomic E-state index is 6.29. The number of hydrogen-bond donors (Lipinski definition) is 1. The van der Waals surface area contributed by atoms with Crippen molar-refractivity contribution < 1.29 is 4.74 Å². The molecular weight excluding hydrogens is 174 g/mol. The summed E-state index contributed by atoms with van der Waals surface area (Å²) in [6, 6.07) is 0.306. The van der Waals surface area contributed by atoms with Gasteiger partial charge in [0.05, 0.1) is 6.10 Å². The van der Waals surface area contributed by atoms with Crippen LogP contribution in [0.5, 0.6) is 0 Å². The third kappa shape index (κ3) is 2.29. The molecule has 2 fully saturated rings. The van der Waals surface area contributed by atoms with Gasteiger partial charge in [0.25, 0.3) is 0 Å². The molecule has 0 aromatic rings. The predicted molar refractivity (Wildman–Crippen MR) is 58.1 cm³/mol. The molecule has 2 N–H and O–H groups in total. The molecule has 0 bridgehead atoms. The van der Waals surface area contributed by atoms with Crippen LogP contribution in [0.4, 0.5) is 0 Å². The van der Waals surface area contributed by atoms with Gasteiger partial charge < -0.3 is 10.5 Å². The van der Waals surface area contributed by atoms with Gasteiger partial charge in [-0.3, -0.25) is 0 Å². The van der Waals surface area contributed by atoms with Gasteiger partial charge in [-0.25, -0.2) is 0 Å². The minimum Gasteiger partial charge on any atom is -0.377 e. The highest BCUT2D eigenvalue weighted by Crippen LogP contribution is 2.33. The molecule has 14 heavy (non-hydrogen) atoms. The molecule has 0 aromatic heterocycles. The van der Waals surface area contributed by atoms with E-state index in [0.717, 1.165) is 18.4 Å². The van der Waals surface area contributed by atoms with E-state index < -0.39 is 0 Å². The number of nitrogens with two attached hydrogens (primary N) is 1. The molecule has 82 valence electrons. The molecule has 0 aromatic carbocycles. The van der Waals surface area contributed by atoms with E-state index in [4.69, 9.17) is 10.5 Å². The molecule has 2 nitrogen and oxygen atoms in total. The molecular formula is C12H23NO. The Morgan fingerprint density at radius 3 is 2.71 bits per heavy atom. The number of rotatable bonds is 2. The van der Waals surface area contributed by atoms with Gasteiger partial charge in [0.1, 0.15) is 0 Å². The molecule has 0 spiro atoms. The van der Waals surface area contributed by atoms with E-state index in [1.807, 2.05) is 0 Å². The van der Waals surface area contributed by atoms with Crippen molar-refractivity contribution in [2.45, 2.75) is 57.6 Å². The summed E-state index contributed by atoms with van der Waals surface area (Å²) in [5.74, 6) is 1.60. The van der Waals surface area contributed by atoms with Gasteiger partial charge in [0, 0.05) is 12.6 Å². The first kappa shape index (κ1) is 10.4. The Balaban J connectivity index is 1.86. The van der Waals surface area contributed by atoms with Crippen LogP contribution in [0.25, 0.3) is 0 Å². The van der Waals surface area contributed by atoms with Gasteiger partial charge in [-0.1, -0.05) is 19.8 Å². The quantitative estimate of drug-likeness (QED) is 0.737. The van der Waals surface area contributed by atoms with Crippen LogP contribution < -0.4 is 5.73 Å². The molecule has 1 saturated heterocycles. The van der Waals surface area contributed by atoms with E-state index in [2.05, 4.69) is 6.92 Å². The fraction of sp³-hybridized carbons (Fsp3) is 1.00. The van der Waals surface area contributed by atoms with Crippen molar-refractivity contribution in [3.63, 3.8) is 0 Å². The highest BCUT2D eigenvalue weighted by Gasteiger charge is 2.31. The average molecular weight is 197 g/mol. The van der Waals surface area contributed by atoms with Crippen LogP contribution in [-0.4, -0.2) is 18.8 Å². The lowest BCUT2D eigenvalue weighted by Crippen LogP contribution is -2.42. The topological polar surface area (TPSA) is 35.2 Å². The second-order valence-corrected chi connectivity index (χ2v) is 5.16. The summed E-state index contributed by atoms with van der Waals surface area (Å²) in [7, 11) is 0. The maximum atomic E-state index is 6.29. The normalized spacial score (nSPS) is 41.1. The molecule has 4 atom stereocenters. The van der Waals surface area contributed by atoms with Crippen LogP contribution in [0.2, 0.25) is 0 Å². The van der Waals surface area contributed by atoms with Crippen molar-refractivity contribution in [3.05, 3.63) is 0 Å². The summed E-state index contributed by atoms with van der Waals surface area (Å²) >= 11 is 0. The fourth-order valence-corrected chi connectivity index (χ4v) is 3.04. The van der Waals surface area contributed by atoms with Crippen molar-refractivity contribution in [1.82, 2.24) is 0 Å². The fourth-order valence-electron chi connectivity index (χ4n) is 3.04. The van der Waals surface area contributed by atoms with E-state index in [-0.39, 0.29) is 0 Å². The molecule has 0 amide bonds. The molecule has 2 aliphatic rings. The van der Waals surface area contributed by atoms with E-state index in [1.54, 1.807) is 0 Å². The molecule has 1 aliphatic carbocycles. The van der Waals surface area contributed by atoms with Crippen molar-refractivity contribution in [2.24, 2.45) is 17.6 Å². The third-order valence-electron chi connectivity index (χ3n) is 3.92. The SMILES string of the molecule is CC1CCCC(C(N)C2CCCO2)C1. The molecule has 1 heterocycles. The molecule has 2 rings (SSSR count). The molecule has 4 unspecified atom stereocenters. The Morgan fingerprint density at radius 1 is 1.21 bits per heavy atom. The number of hydrogen-bond acceptors (Lipinski definition) is 2. The molecule has 0 radical (unpaired) electrons. The van der Waals surface area contributed by atoms with Crippen molar-refractivity contribution >= 4 is 0 Å². The van der Waals surface area contributed by atoms with Crippen LogP contribution in [-0.2, 0) is 4.74 Å². The van der Waals surface area contributed by atoms with Gasteiger partial charge in [-0.05, 0) is 37.5 Å². The number of ether oxygens (including phenoxy) is 1. The Labute approximate surface area is 87.2 Å². The van der Waals surface area contributed by atoms with Crippen molar-refractivity contribution in [1.29, 1.82) is 0 Å². The molecule has 1 aliphatic heterocycles. The minimum absolute atomic E-state index is 0.306. The van der Waals surface area contributed by atoms with E-state index >= 15 is 0 Å². The third-order valence-corrected chi connectivity index (χ3v) is 3.92. The monoisotopic (exact) mass is 197 g/mol. The maximum Gasteiger partial charge on any atom is 0.0729 e. The van der Waals surface area contributed by atoms with Crippen LogP contribution in [0, 0.1) is 11.8 Å². The zero-order chi connectivity index (χ0) is 9.97. The van der Waals surface area contributed by atoms with Crippen molar-refractivity contribution in [2.75, 3.05) is 6.61 Å². The Morgan fingerprint density at radius 2 is 2.07 bits per heavy atom. The van der Waals surface area contributed by atoms with Gasteiger partial charge >= 0.3 is 0 Å². The van der Waals surface area contributed by atoms with Crippen LogP contribution >= 0.6 is 0 Å². The Kier molecular flexibility index (Phi) is 3.45. The zero-order valence-electron chi connectivity index (χ0n) is 9.24. The lowest BCUT2D eigenvalue weighted by Gasteiger charge is -2.33. The Hall–Kier alpha value is -0.0800. The summed E-state index contributed by atoms with van der Waals surface area (Å²) in [4.78, 5) is 0. The van der Waals surface area contributed by atoms with Crippen molar-refractivity contribution in [3.8, 4) is 0 Å². The van der Waals surface area contributed by atoms with E-state index in [9.17, 15) is 0 Å². The second-order valence-electron chi connectivity index (χ2n) is 5.16. The lowest BCUT2D eigenvalue weighted by molar-refractivity contribution is 0.0594. The van der Waals surface area contributed by atoms with Crippen LogP contribution in [0.15, 0.2) is 0 Å². The van der Waals surface area contributed by atoms with E-state index in [1.165, 1.54) is 38.5 Å². The minimum atomic E-state index is 0.306. The van der Waals surface area contributed by atoms with E-state index in [0.29, 0.717) is 12.1 Å². The predicted octanol–water partition coefficient (Wildman–Crippen LogP) is 2.32. The smallest absolute Gasteiger partial charge is 0.0729 e. The summed E-state index contributed by atoms with van der Waals surface area (Å²) < 4.78 is 5.68. The summed E-state index contributed by atoms with van der Waals surface area (Å²) in [6.07, 6.45) is 8.17. The second kappa shape index (κ2) is 4.63. The van der Waals surface area contributed by atoms with Crippen LogP contribution in [0.3, 0.4) is 0 Å².